The molecule has 0 radical (unpaired) electrons. The Morgan fingerprint density at radius 2 is 2.26 bits per heavy atom. The molecule has 1 fully saturated rings. The molecule has 0 amide bonds. The number of carbonyl (C=O) groups is 1. The third kappa shape index (κ3) is 1.96. The molecule has 3 rings (SSSR count). The SMILES string of the molecule is Cc1nc(N2CCC[C@@H]2C(=O)O)c2c(C)csc2n1. The van der Waals surface area contributed by atoms with E-state index in [-0.39, 0.29) is 0 Å². The summed E-state index contributed by atoms with van der Waals surface area (Å²) < 4.78 is 0. The second-order valence-electron chi connectivity index (χ2n) is 4.88. The van der Waals surface area contributed by atoms with Gasteiger partial charge in [0.1, 0.15) is 22.5 Å². The lowest BCUT2D eigenvalue weighted by Gasteiger charge is -2.23. The summed E-state index contributed by atoms with van der Waals surface area (Å²) in [4.78, 5) is 23.1. The highest BCUT2D eigenvalue weighted by Gasteiger charge is 2.33. The molecule has 0 aromatic carbocycles. The topological polar surface area (TPSA) is 66.3 Å². The van der Waals surface area contributed by atoms with E-state index in [4.69, 9.17) is 0 Å². The molecule has 6 heteroatoms. The first-order chi connectivity index (χ1) is 9.08. The van der Waals surface area contributed by atoms with Crippen LogP contribution in [0.3, 0.4) is 0 Å². The number of hydrogen-bond donors (Lipinski definition) is 1. The number of thiophene rings is 1. The molecule has 19 heavy (non-hydrogen) atoms. The molecule has 0 spiro atoms. The number of aliphatic carboxylic acids is 1. The number of nitrogens with zero attached hydrogens (tertiary/aromatic N) is 3. The van der Waals surface area contributed by atoms with Crippen molar-refractivity contribution in [3.05, 3.63) is 16.8 Å². The van der Waals surface area contributed by atoms with Crippen LogP contribution in [0, 0.1) is 13.8 Å². The first-order valence-corrected chi connectivity index (χ1v) is 7.18. The third-order valence-corrected chi connectivity index (χ3v) is 4.51. The maximum atomic E-state index is 11.3. The highest BCUT2D eigenvalue weighted by Crippen LogP contribution is 2.35. The lowest BCUT2D eigenvalue weighted by molar-refractivity contribution is -0.138. The van der Waals surface area contributed by atoms with Crippen LogP contribution in [0.1, 0.15) is 24.2 Å². The van der Waals surface area contributed by atoms with Gasteiger partial charge in [0.2, 0.25) is 0 Å². The van der Waals surface area contributed by atoms with Crippen molar-refractivity contribution in [2.75, 3.05) is 11.4 Å². The van der Waals surface area contributed by atoms with Crippen LogP contribution in [0.2, 0.25) is 0 Å². The van der Waals surface area contributed by atoms with Crippen molar-refractivity contribution >= 4 is 33.3 Å². The van der Waals surface area contributed by atoms with E-state index in [1.807, 2.05) is 24.1 Å². The van der Waals surface area contributed by atoms with Gasteiger partial charge in [-0.2, -0.15) is 0 Å². The largest absolute Gasteiger partial charge is 0.480 e. The summed E-state index contributed by atoms with van der Waals surface area (Å²) in [5.41, 5.74) is 1.12. The molecule has 0 bridgehead atoms. The Balaban J connectivity index is 2.18. The molecule has 1 saturated heterocycles. The maximum Gasteiger partial charge on any atom is 0.326 e. The van der Waals surface area contributed by atoms with Gasteiger partial charge >= 0.3 is 5.97 Å². The number of aryl methyl sites for hydroxylation is 2. The molecule has 1 aliphatic heterocycles. The minimum Gasteiger partial charge on any atom is -0.480 e. The summed E-state index contributed by atoms with van der Waals surface area (Å²) in [5, 5.41) is 12.4. The van der Waals surface area contributed by atoms with Gasteiger partial charge in [-0.05, 0) is 37.6 Å². The van der Waals surface area contributed by atoms with E-state index < -0.39 is 12.0 Å². The normalized spacial score (nSPS) is 19.3. The van der Waals surface area contributed by atoms with Crippen LogP contribution in [-0.4, -0.2) is 33.6 Å². The lowest BCUT2D eigenvalue weighted by Crippen LogP contribution is -2.36. The van der Waals surface area contributed by atoms with Crippen LogP contribution < -0.4 is 4.90 Å². The van der Waals surface area contributed by atoms with Gasteiger partial charge < -0.3 is 10.0 Å². The first kappa shape index (κ1) is 12.3. The van der Waals surface area contributed by atoms with Crippen LogP contribution in [0.4, 0.5) is 5.82 Å². The Morgan fingerprint density at radius 3 is 3.00 bits per heavy atom. The van der Waals surface area contributed by atoms with Crippen molar-refractivity contribution < 1.29 is 9.90 Å². The van der Waals surface area contributed by atoms with Gasteiger partial charge in [0.25, 0.3) is 0 Å². The summed E-state index contributed by atoms with van der Waals surface area (Å²) in [6.07, 6.45) is 1.58. The maximum absolute atomic E-state index is 11.3. The van der Waals surface area contributed by atoms with Crippen molar-refractivity contribution in [3.8, 4) is 0 Å². The minimum absolute atomic E-state index is 0.461. The summed E-state index contributed by atoms with van der Waals surface area (Å²) in [6, 6.07) is -0.461. The summed E-state index contributed by atoms with van der Waals surface area (Å²) in [5.74, 6) is 0.710. The van der Waals surface area contributed by atoms with Crippen LogP contribution in [-0.2, 0) is 4.79 Å². The fraction of sp³-hybridized carbons (Fsp3) is 0.462. The van der Waals surface area contributed by atoms with Gasteiger partial charge in [-0.3, -0.25) is 0 Å². The molecule has 0 saturated carbocycles. The average molecular weight is 277 g/mol. The van der Waals surface area contributed by atoms with Gasteiger partial charge in [0, 0.05) is 6.54 Å². The Labute approximate surface area is 114 Å². The number of carboxylic acids is 1. The van der Waals surface area contributed by atoms with Gasteiger partial charge in [-0.1, -0.05) is 0 Å². The van der Waals surface area contributed by atoms with E-state index in [1.165, 1.54) is 0 Å². The van der Waals surface area contributed by atoms with E-state index in [9.17, 15) is 9.90 Å². The molecule has 0 aliphatic carbocycles. The monoisotopic (exact) mass is 277 g/mol. The molecule has 2 aromatic heterocycles. The first-order valence-electron chi connectivity index (χ1n) is 6.30. The standard InChI is InChI=1S/C13H15N3O2S/c1-7-6-19-12-10(7)11(14-8(2)15-12)16-5-3-4-9(16)13(17)18/h6,9H,3-5H2,1-2H3,(H,17,18)/t9-/m1/s1. The minimum atomic E-state index is -0.769. The van der Waals surface area contributed by atoms with Gasteiger partial charge in [0.05, 0.1) is 5.39 Å². The quantitative estimate of drug-likeness (QED) is 0.912. The second kappa shape index (κ2) is 4.45. The van der Waals surface area contributed by atoms with E-state index in [2.05, 4.69) is 9.97 Å². The Hall–Kier alpha value is -1.69. The number of fused-ring (bicyclic) bond motifs is 1. The zero-order chi connectivity index (χ0) is 13.6. The van der Waals surface area contributed by atoms with Crippen LogP contribution in [0.15, 0.2) is 5.38 Å². The molecule has 2 aromatic rings. The highest BCUT2D eigenvalue weighted by atomic mass is 32.1. The second-order valence-corrected chi connectivity index (χ2v) is 5.74. The molecule has 3 heterocycles. The van der Waals surface area contributed by atoms with Crippen LogP contribution in [0.25, 0.3) is 10.2 Å². The predicted molar refractivity (Wildman–Crippen MR) is 74.9 cm³/mol. The number of carboxylic acid groups (broad SMARTS) is 1. The molecule has 100 valence electrons. The molecule has 1 atom stereocenters. The Morgan fingerprint density at radius 1 is 1.47 bits per heavy atom. The number of rotatable bonds is 2. The van der Waals surface area contributed by atoms with Crippen molar-refractivity contribution in [3.63, 3.8) is 0 Å². The lowest BCUT2D eigenvalue weighted by atomic mass is 10.2. The van der Waals surface area contributed by atoms with Gasteiger partial charge in [-0.15, -0.1) is 11.3 Å². The van der Waals surface area contributed by atoms with Gasteiger partial charge in [-0.25, -0.2) is 14.8 Å². The smallest absolute Gasteiger partial charge is 0.326 e. The van der Waals surface area contributed by atoms with Gasteiger partial charge in [0.15, 0.2) is 0 Å². The molecule has 0 unspecified atom stereocenters. The molecule has 5 nitrogen and oxygen atoms in total. The van der Waals surface area contributed by atoms with Crippen molar-refractivity contribution in [1.29, 1.82) is 0 Å². The fourth-order valence-electron chi connectivity index (χ4n) is 2.65. The van der Waals surface area contributed by atoms with E-state index in [1.54, 1.807) is 11.3 Å². The summed E-state index contributed by atoms with van der Waals surface area (Å²) in [6.45, 7) is 4.62. The summed E-state index contributed by atoms with van der Waals surface area (Å²) >= 11 is 1.59. The van der Waals surface area contributed by atoms with Crippen LogP contribution in [0.5, 0.6) is 0 Å². The fourth-order valence-corrected chi connectivity index (χ4v) is 3.61. The number of hydrogen-bond acceptors (Lipinski definition) is 5. The zero-order valence-corrected chi connectivity index (χ0v) is 11.7. The van der Waals surface area contributed by atoms with E-state index in [0.29, 0.717) is 12.2 Å². The molecular formula is C13H15N3O2S. The zero-order valence-electron chi connectivity index (χ0n) is 10.9. The van der Waals surface area contributed by atoms with E-state index >= 15 is 0 Å². The molecule has 1 aliphatic rings. The highest BCUT2D eigenvalue weighted by molar-refractivity contribution is 7.17. The number of aromatic nitrogens is 2. The average Bonchev–Trinajstić information content (AvgIpc) is 2.95. The predicted octanol–water partition coefficient (Wildman–Crippen LogP) is 2.36. The molecular weight excluding hydrogens is 262 g/mol. The van der Waals surface area contributed by atoms with Crippen molar-refractivity contribution in [2.45, 2.75) is 32.7 Å². The van der Waals surface area contributed by atoms with Crippen molar-refractivity contribution in [2.24, 2.45) is 0 Å². The Bertz CT molecular complexity index is 653. The van der Waals surface area contributed by atoms with E-state index in [0.717, 1.165) is 34.6 Å². The third-order valence-electron chi connectivity index (χ3n) is 3.52. The van der Waals surface area contributed by atoms with Crippen molar-refractivity contribution in [1.82, 2.24) is 9.97 Å². The molecule has 1 N–H and O–H groups in total. The summed E-state index contributed by atoms with van der Waals surface area (Å²) in [7, 11) is 0. The van der Waals surface area contributed by atoms with Crippen LogP contribution >= 0.6 is 11.3 Å². The Kier molecular flexibility index (Phi) is 2.89. The number of anilines is 1.